The molecule has 0 atom stereocenters. The van der Waals surface area contributed by atoms with Crippen LogP contribution in [-0.4, -0.2) is 26.4 Å². The SMILES string of the molecule is Cc1ccccc1N1C(=O)c2sc3nc(=O)c(-c4ccccc4)nn3c2C1=O. The minimum Gasteiger partial charge on any atom is -0.267 e. The highest BCUT2D eigenvalue weighted by Crippen LogP contribution is 2.34. The number of rotatable bonds is 2. The van der Waals surface area contributed by atoms with Crippen molar-refractivity contribution in [1.82, 2.24) is 14.6 Å². The zero-order valence-corrected chi connectivity index (χ0v) is 15.4. The van der Waals surface area contributed by atoms with Crippen LogP contribution in [0.2, 0.25) is 0 Å². The van der Waals surface area contributed by atoms with Crippen LogP contribution >= 0.6 is 11.3 Å². The van der Waals surface area contributed by atoms with Crippen LogP contribution in [0.4, 0.5) is 5.69 Å². The fourth-order valence-electron chi connectivity index (χ4n) is 3.26. The predicted octanol–water partition coefficient (Wildman–Crippen LogP) is 2.93. The fraction of sp³-hybridized carbons (Fsp3) is 0.0500. The highest BCUT2D eigenvalue weighted by Gasteiger charge is 2.42. The lowest BCUT2D eigenvalue weighted by atomic mass is 10.2. The molecule has 5 rings (SSSR count). The minimum absolute atomic E-state index is 0.133. The molecule has 0 bridgehead atoms. The van der Waals surface area contributed by atoms with Gasteiger partial charge in [0.05, 0.1) is 5.69 Å². The Hall–Kier alpha value is -3.65. The van der Waals surface area contributed by atoms with E-state index >= 15 is 0 Å². The standard InChI is InChI=1S/C20H12N4O3S/c1-11-7-5-6-10-13(11)23-18(26)15-16(19(23)27)28-20-21-17(25)14(22-24(15)20)12-8-3-2-4-9-12/h2-10H,1H3. The lowest BCUT2D eigenvalue weighted by molar-refractivity contribution is 0.0924. The smallest absolute Gasteiger partial charge is 0.267 e. The second-order valence-electron chi connectivity index (χ2n) is 6.34. The van der Waals surface area contributed by atoms with Gasteiger partial charge in [0.2, 0.25) is 4.96 Å². The van der Waals surface area contributed by atoms with Crippen LogP contribution in [0.5, 0.6) is 0 Å². The molecule has 0 saturated heterocycles. The van der Waals surface area contributed by atoms with Crippen molar-refractivity contribution in [3.63, 3.8) is 0 Å². The molecule has 7 nitrogen and oxygen atoms in total. The van der Waals surface area contributed by atoms with Gasteiger partial charge in [-0.25, -0.2) is 4.90 Å². The van der Waals surface area contributed by atoms with Crippen molar-refractivity contribution in [3.05, 3.63) is 81.1 Å². The third kappa shape index (κ3) is 2.25. The van der Waals surface area contributed by atoms with Gasteiger partial charge >= 0.3 is 5.56 Å². The molecule has 0 saturated carbocycles. The summed E-state index contributed by atoms with van der Waals surface area (Å²) in [4.78, 5) is 44.1. The molecular weight excluding hydrogens is 376 g/mol. The summed E-state index contributed by atoms with van der Waals surface area (Å²) in [6, 6.07) is 16.1. The Bertz CT molecular complexity index is 1340. The van der Waals surface area contributed by atoms with Crippen LogP contribution in [0.25, 0.3) is 16.2 Å². The van der Waals surface area contributed by atoms with Gasteiger partial charge in [-0.1, -0.05) is 59.9 Å². The molecule has 2 amide bonds. The summed E-state index contributed by atoms with van der Waals surface area (Å²) >= 11 is 0.998. The van der Waals surface area contributed by atoms with E-state index in [9.17, 15) is 14.4 Å². The van der Waals surface area contributed by atoms with E-state index in [1.165, 1.54) is 4.52 Å². The van der Waals surface area contributed by atoms with Crippen LogP contribution in [0, 0.1) is 6.92 Å². The first-order chi connectivity index (χ1) is 13.6. The molecule has 0 radical (unpaired) electrons. The minimum atomic E-state index is -0.498. The average molecular weight is 388 g/mol. The predicted molar refractivity (Wildman–Crippen MR) is 105 cm³/mol. The molecule has 0 N–H and O–H groups in total. The maximum absolute atomic E-state index is 13.1. The second kappa shape index (κ2) is 5.93. The normalized spacial score (nSPS) is 13.4. The number of hydrogen-bond donors (Lipinski definition) is 0. The van der Waals surface area contributed by atoms with Crippen LogP contribution in [0.15, 0.2) is 59.4 Å². The monoisotopic (exact) mass is 388 g/mol. The van der Waals surface area contributed by atoms with Crippen molar-refractivity contribution >= 4 is 33.8 Å². The maximum atomic E-state index is 13.1. The van der Waals surface area contributed by atoms with Gasteiger partial charge in [-0.05, 0) is 18.6 Å². The molecule has 0 spiro atoms. The number of para-hydroxylation sites is 1. The van der Waals surface area contributed by atoms with Crippen LogP contribution in [0.1, 0.15) is 25.7 Å². The summed E-state index contributed by atoms with van der Waals surface area (Å²) in [6.07, 6.45) is 0. The first kappa shape index (κ1) is 16.5. The quantitative estimate of drug-likeness (QED) is 0.493. The Morgan fingerprint density at radius 2 is 1.61 bits per heavy atom. The third-order valence-electron chi connectivity index (χ3n) is 4.61. The molecule has 0 unspecified atom stereocenters. The first-order valence-corrected chi connectivity index (χ1v) is 9.31. The number of carbonyl (C=O) groups excluding carboxylic acids is 2. The summed E-state index contributed by atoms with van der Waals surface area (Å²) < 4.78 is 1.31. The number of amides is 2. The molecule has 2 aromatic heterocycles. The highest BCUT2D eigenvalue weighted by molar-refractivity contribution is 7.19. The topological polar surface area (TPSA) is 84.6 Å². The third-order valence-corrected chi connectivity index (χ3v) is 5.63. The lowest BCUT2D eigenvalue weighted by Crippen LogP contribution is -2.31. The van der Waals surface area contributed by atoms with E-state index in [1.54, 1.807) is 36.4 Å². The Labute approximate surface area is 162 Å². The largest absolute Gasteiger partial charge is 0.300 e. The highest BCUT2D eigenvalue weighted by atomic mass is 32.1. The Morgan fingerprint density at radius 3 is 2.36 bits per heavy atom. The number of imide groups is 1. The van der Waals surface area contributed by atoms with Gasteiger partial charge in [-0.2, -0.15) is 14.6 Å². The van der Waals surface area contributed by atoms with Crippen molar-refractivity contribution in [2.24, 2.45) is 0 Å². The summed E-state index contributed by atoms with van der Waals surface area (Å²) in [5, 5.41) is 4.36. The number of hydrogen-bond acceptors (Lipinski definition) is 6. The van der Waals surface area contributed by atoms with Gasteiger partial charge in [0.1, 0.15) is 4.88 Å². The van der Waals surface area contributed by atoms with Crippen LogP contribution in [0.3, 0.4) is 0 Å². The van der Waals surface area contributed by atoms with Gasteiger partial charge in [0.15, 0.2) is 11.4 Å². The summed E-state index contributed by atoms with van der Waals surface area (Å²) in [5.41, 5.74) is 1.72. The molecule has 1 aliphatic heterocycles. The number of fused-ring (bicyclic) bond motifs is 3. The number of thiazole rings is 1. The van der Waals surface area contributed by atoms with Crippen molar-refractivity contribution in [2.75, 3.05) is 4.90 Å². The molecule has 0 fully saturated rings. The zero-order chi connectivity index (χ0) is 19.4. The molecule has 8 heteroatoms. The Kier molecular flexibility index (Phi) is 3.50. The van der Waals surface area contributed by atoms with Crippen molar-refractivity contribution in [2.45, 2.75) is 6.92 Å². The first-order valence-electron chi connectivity index (χ1n) is 8.50. The van der Waals surface area contributed by atoms with Crippen molar-refractivity contribution in [1.29, 1.82) is 0 Å². The molecule has 1 aliphatic rings. The van der Waals surface area contributed by atoms with Gasteiger partial charge in [-0.3, -0.25) is 14.4 Å². The van der Waals surface area contributed by atoms with E-state index < -0.39 is 17.4 Å². The molecular formula is C20H12N4O3S. The van der Waals surface area contributed by atoms with Crippen LogP contribution < -0.4 is 10.5 Å². The zero-order valence-electron chi connectivity index (χ0n) is 14.6. The van der Waals surface area contributed by atoms with E-state index in [0.717, 1.165) is 21.8 Å². The van der Waals surface area contributed by atoms with Gasteiger partial charge < -0.3 is 0 Å². The van der Waals surface area contributed by atoms with E-state index in [1.807, 2.05) is 25.1 Å². The van der Waals surface area contributed by atoms with Crippen molar-refractivity contribution in [3.8, 4) is 11.3 Å². The van der Waals surface area contributed by atoms with Gasteiger partial charge in [0, 0.05) is 5.56 Å². The number of aryl methyl sites for hydroxylation is 1. The second-order valence-corrected chi connectivity index (χ2v) is 7.32. The number of carbonyl (C=O) groups is 2. The average Bonchev–Trinajstić information content (AvgIpc) is 3.18. The summed E-state index contributed by atoms with van der Waals surface area (Å²) in [5.74, 6) is -0.905. The summed E-state index contributed by atoms with van der Waals surface area (Å²) in [7, 11) is 0. The molecule has 3 heterocycles. The Morgan fingerprint density at radius 1 is 0.893 bits per heavy atom. The van der Waals surface area contributed by atoms with E-state index in [0.29, 0.717) is 11.3 Å². The number of benzene rings is 2. The molecule has 136 valence electrons. The molecule has 28 heavy (non-hydrogen) atoms. The van der Waals surface area contributed by atoms with Crippen molar-refractivity contribution < 1.29 is 9.59 Å². The molecule has 4 aromatic rings. The fourth-order valence-corrected chi connectivity index (χ4v) is 4.24. The molecule has 0 aliphatic carbocycles. The van der Waals surface area contributed by atoms with Crippen LogP contribution in [-0.2, 0) is 0 Å². The van der Waals surface area contributed by atoms with Gasteiger partial charge in [-0.15, -0.1) is 0 Å². The number of aromatic nitrogens is 3. The van der Waals surface area contributed by atoms with E-state index in [2.05, 4.69) is 10.1 Å². The molecule has 2 aromatic carbocycles. The lowest BCUT2D eigenvalue weighted by Gasteiger charge is -2.16. The summed E-state index contributed by atoms with van der Waals surface area (Å²) in [6.45, 7) is 1.84. The maximum Gasteiger partial charge on any atom is 0.300 e. The number of nitrogens with zero attached hydrogens (tertiary/aromatic N) is 4. The number of anilines is 1. The van der Waals surface area contributed by atoms with E-state index in [4.69, 9.17) is 0 Å². The van der Waals surface area contributed by atoms with E-state index in [-0.39, 0.29) is 21.2 Å². The van der Waals surface area contributed by atoms with Gasteiger partial charge in [0.25, 0.3) is 11.8 Å². The Balaban J connectivity index is 1.72.